The molecular formula is C14H14F3N3O3. The number of carboxylic acids is 1. The van der Waals surface area contributed by atoms with E-state index in [0.29, 0.717) is 12.1 Å². The molecule has 23 heavy (non-hydrogen) atoms. The molecule has 3 N–H and O–H groups in total. The molecule has 0 saturated carbocycles. The number of carbonyl (C=O) groups is 2. The Morgan fingerprint density at radius 2 is 1.96 bits per heavy atom. The van der Waals surface area contributed by atoms with Gasteiger partial charge in [-0.25, -0.2) is 23.0 Å². The van der Waals surface area contributed by atoms with Crippen LogP contribution in [0, 0.1) is 17.5 Å². The number of carboxylic acid groups (broad SMARTS) is 1. The van der Waals surface area contributed by atoms with E-state index in [-0.39, 0.29) is 24.8 Å². The van der Waals surface area contributed by atoms with Crippen LogP contribution in [-0.2, 0) is 16.0 Å². The molecule has 0 aliphatic carbocycles. The molecule has 1 aliphatic rings. The van der Waals surface area contributed by atoms with Crippen molar-refractivity contribution in [1.29, 1.82) is 0 Å². The third kappa shape index (κ3) is 3.86. The molecule has 0 saturated heterocycles. The normalized spacial score (nSPS) is 18.3. The molecule has 0 bridgehead atoms. The summed E-state index contributed by atoms with van der Waals surface area (Å²) in [7, 11) is 0. The highest BCUT2D eigenvalue weighted by Gasteiger charge is 2.33. The maximum Gasteiger partial charge on any atom is 0.329 e. The highest BCUT2D eigenvalue weighted by molar-refractivity contribution is 5.88. The first-order valence-electron chi connectivity index (χ1n) is 6.76. The van der Waals surface area contributed by atoms with E-state index in [1.807, 2.05) is 0 Å². The number of hydrogen-bond donors (Lipinski definition) is 2. The summed E-state index contributed by atoms with van der Waals surface area (Å²) in [6, 6.07) is -0.894. The number of nitrogens with zero attached hydrogens (tertiary/aromatic N) is 2. The van der Waals surface area contributed by atoms with Gasteiger partial charge in [-0.3, -0.25) is 4.79 Å². The molecule has 2 rings (SSSR count). The zero-order valence-corrected chi connectivity index (χ0v) is 11.9. The van der Waals surface area contributed by atoms with Crippen LogP contribution in [0.15, 0.2) is 17.2 Å². The standard InChI is InChI=1S/C14H14F3N3O3/c15-9-6-11(17)10(16)4-7(9)3-8(18)5-13(21)20-12(14(22)23)1-2-19-20/h2,4,6,8,12H,1,3,5,18H2,(H,22,23)/t8-,12?/m1/s1. The van der Waals surface area contributed by atoms with Crippen molar-refractivity contribution in [1.82, 2.24) is 5.01 Å². The molecule has 1 aromatic carbocycles. The third-order valence-corrected chi connectivity index (χ3v) is 3.38. The number of hydrogen-bond acceptors (Lipinski definition) is 4. The van der Waals surface area contributed by atoms with Crippen molar-refractivity contribution in [3.63, 3.8) is 0 Å². The molecular weight excluding hydrogens is 315 g/mol. The van der Waals surface area contributed by atoms with E-state index in [9.17, 15) is 22.8 Å². The smallest absolute Gasteiger partial charge is 0.329 e. The lowest BCUT2D eigenvalue weighted by Crippen LogP contribution is -2.41. The van der Waals surface area contributed by atoms with E-state index in [1.54, 1.807) is 0 Å². The first kappa shape index (κ1) is 16.9. The van der Waals surface area contributed by atoms with E-state index in [1.165, 1.54) is 6.21 Å². The van der Waals surface area contributed by atoms with Crippen molar-refractivity contribution < 1.29 is 27.9 Å². The lowest BCUT2D eigenvalue weighted by molar-refractivity contribution is -0.149. The van der Waals surface area contributed by atoms with Crippen molar-refractivity contribution in [2.75, 3.05) is 0 Å². The lowest BCUT2D eigenvalue weighted by Gasteiger charge is -2.20. The van der Waals surface area contributed by atoms with E-state index in [0.717, 1.165) is 5.01 Å². The molecule has 1 unspecified atom stereocenters. The van der Waals surface area contributed by atoms with Gasteiger partial charge in [0.05, 0.1) is 0 Å². The maximum absolute atomic E-state index is 13.5. The monoisotopic (exact) mass is 329 g/mol. The van der Waals surface area contributed by atoms with Gasteiger partial charge in [0.1, 0.15) is 5.82 Å². The van der Waals surface area contributed by atoms with Crippen LogP contribution in [0.1, 0.15) is 18.4 Å². The van der Waals surface area contributed by atoms with Crippen molar-refractivity contribution in [2.45, 2.75) is 31.3 Å². The molecule has 2 atom stereocenters. The molecule has 1 amide bonds. The fourth-order valence-electron chi connectivity index (χ4n) is 2.25. The minimum atomic E-state index is -1.31. The Balaban J connectivity index is 2.01. The number of nitrogens with two attached hydrogens (primary N) is 1. The number of amides is 1. The Bertz CT molecular complexity index is 666. The van der Waals surface area contributed by atoms with Crippen LogP contribution < -0.4 is 5.73 Å². The second-order valence-corrected chi connectivity index (χ2v) is 5.15. The summed E-state index contributed by atoms with van der Waals surface area (Å²) in [5, 5.41) is 13.5. The van der Waals surface area contributed by atoms with Gasteiger partial charge in [-0.2, -0.15) is 5.10 Å². The molecule has 9 heteroatoms. The Kier molecular flexibility index (Phi) is 4.99. The first-order chi connectivity index (χ1) is 10.8. The SMILES string of the molecule is N[C@@H](CC(=O)N1N=CCC1C(=O)O)Cc1cc(F)c(F)cc1F. The first-order valence-corrected chi connectivity index (χ1v) is 6.76. The predicted molar refractivity (Wildman–Crippen MR) is 74.0 cm³/mol. The quantitative estimate of drug-likeness (QED) is 0.789. The molecule has 6 nitrogen and oxygen atoms in total. The summed E-state index contributed by atoms with van der Waals surface area (Å²) in [6.45, 7) is 0. The molecule has 1 aliphatic heterocycles. The van der Waals surface area contributed by atoms with Gasteiger partial charge in [0, 0.05) is 31.2 Å². The summed E-state index contributed by atoms with van der Waals surface area (Å²) < 4.78 is 39.5. The maximum atomic E-state index is 13.5. The van der Waals surface area contributed by atoms with Crippen molar-refractivity contribution in [3.8, 4) is 0 Å². The van der Waals surface area contributed by atoms with Gasteiger partial charge in [0.25, 0.3) is 0 Å². The summed E-state index contributed by atoms with van der Waals surface area (Å²) in [4.78, 5) is 23.0. The third-order valence-electron chi connectivity index (χ3n) is 3.38. The number of halogens is 3. The van der Waals surface area contributed by atoms with Gasteiger partial charge in [0.15, 0.2) is 17.7 Å². The number of rotatable bonds is 5. The Labute approximate surface area is 129 Å². The summed E-state index contributed by atoms with van der Waals surface area (Å²) in [5.74, 6) is -5.33. The Morgan fingerprint density at radius 3 is 2.61 bits per heavy atom. The van der Waals surface area contributed by atoms with E-state index >= 15 is 0 Å². The minimum Gasteiger partial charge on any atom is -0.480 e. The predicted octanol–water partition coefficient (Wildman–Crippen LogP) is 1.04. The largest absolute Gasteiger partial charge is 0.480 e. The van der Waals surface area contributed by atoms with Gasteiger partial charge >= 0.3 is 5.97 Å². The van der Waals surface area contributed by atoms with Crippen LogP contribution in [0.5, 0.6) is 0 Å². The molecule has 0 radical (unpaired) electrons. The molecule has 124 valence electrons. The zero-order valence-electron chi connectivity index (χ0n) is 11.9. The van der Waals surface area contributed by atoms with Crippen LogP contribution >= 0.6 is 0 Å². The Morgan fingerprint density at radius 1 is 1.30 bits per heavy atom. The van der Waals surface area contributed by atoms with Crippen LogP contribution in [0.3, 0.4) is 0 Å². The number of carbonyl (C=O) groups excluding carboxylic acids is 1. The molecule has 1 aromatic rings. The highest BCUT2D eigenvalue weighted by Crippen LogP contribution is 2.18. The fraction of sp³-hybridized carbons (Fsp3) is 0.357. The molecule has 0 spiro atoms. The lowest BCUT2D eigenvalue weighted by atomic mass is 10.0. The zero-order chi connectivity index (χ0) is 17.1. The van der Waals surface area contributed by atoms with Crippen molar-refractivity contribution in [3.05, 3.63) is 35.1 Å². The van der Waals surface area contributed by atoms with Crippen LogP contribution in [-0.4, -0.2) is 40.3 Å². The van der Waals surface area contributed by atoms with Gasteiger partial charge < -0.3 is 10.8 Å². The van der Waals surface area contributed by atoms with Crippen LogP contribution in [0.4, 0.5) is 13.2 Å². The van der Waals surface area contributed by atoms with Gasteiger partial charge in [-0.05, 0) is 18.1 Å². The van der Waals surface area contributed by atoms with E-state index < -0.39 is 41.4 Å². The summed E-state index contributed by atoms with van der Waals surface area (Å²) >= 11 is 0. The van der Waals surface area contributed by atoms with Crippen molar-refractivity contribution >= 4 is 18.1 Å². The average Bonchev–Trinajstić information content (AvgIpc) is 2.94. The van der Waals surface area contributed by atoms with Gasteiger partial charge in [-0.15, -0.1) is 0 Å². The molecule has 1 heterocycles. The second kappa shape index (κ2) is 6.78. The summed E-state index contributed by atoms with van der Waals surface area (Å²) in [6.07, 6.45) is 0.884. The van der Waals surface area contributed by atoms with Gasteiger partial charge in [0.2, 0.25) is 5.91 Å². The number of benzene rings is 1. The van der Waals surface area contributed by atoms with Gasteiger partial charge in [-0.1, -0.05) is 0 Å². The second-order valence-electron chi connectivity index (χ2n) is 5.15. The topological polar surface area (TPSA) is 96.0 Å². The average molecular weight is 329 g/mol. The number of aliphatic carboxylic acids is 1. The minimum absolute atomic E-state index is 0.0914. The van der Waals surface area contributed by atoms with E-state index in [4.69, 9.17) is 10.8 Å². The number of hydrazone groups is 1. The highest BCUT2D eigenvalue weighted by atomic mass is 19.2. The van der Waals surface area contributed by atoms with Crippen molar-refractivity contribution in [2.24, 2.45) is 10.8 Å². The Hall–Kier alpha value is -2.42. The van der Waals surface area contributed by atoms with E-state index in [2.05, 4.69) is 5.10 Å². The van der Waals surface area contributed by atoms with Crippen LogP contribution in [0.2, 0.25) is 0 Å². The molecule has 0 aromatic heterocycles. The molecule has 0 fully saturated rings. The summed E-state index contributed by atoms with van der Waals surface area (Å²) in [5.41, 5.74) is 5.56. The fourth-order valence-corrected chi connectivity index (χ4v) is 2.25. The van der Waals surface area contributed by atoms with Crippen LogP contribution in [0.25, 0.3) is 0 Å².